The molecule has 0 atom stereocenters. The smallest absolute Gasteiger partial charge is 0.119 e. The van der Waals surface area contributed by atoms with Gasteiger partial charge in [0, 0.05) is 6.54 Å². The van der Waals surface area contributed by atoms with Crippen LogP contribution in [0.25, 0.3) is 11.1 Å². The molecule has 0 saturated carbocycles. The van der Waals surface area contributed by atoms with Gasteiger partial charge in [-0.1, -0.05) is 86.1 Å². The molecule has 160 valence electrons. The summed E-state index contributed by atoms with van der Waals surface area (Å²) in [6.07, 6.45) is 4.97. The van der Waals surface area contributed by atoms with Gasteiger partial charge in [-0.15, -0.1) is 0 Å². The van der Waals surface area contributed by atoms with Crippen molar-refractivity contribution in [2.75, 3.05) is 26.2 Å². The van der Waals surface area contributed by atoms with E-state index in [9.17, 15) is 0 Å². The molecule has 31 heavy (non-hydrogen) atoms. The molecule has 2 heteroatoms. The number of rotatable bonds is 8. The quantitative estimate of drug-likeness (QED) is 0.373. The third kappa shape index (κ3) is 5.65. The van der Waals surface area contributed by atoms with Gasteiger partial charge < -0.3 is 4.74 Å². The predicted molar refractivity (Wildman–Crippen MR) is 131 cm³/mol. The van der Waals surface area contributed by atoms with E-state index in [0.717, 1.165) is 25.3 Å². The summed E-state index contributed by atoms with van der Waals surface area (Å²) in [5.74, 6) is 0.959. The Bertz CT molecular complexity index is 930. The molecule has 3 aromatic rings. The molecule has 3 aromatic carbocycles. The van der Waals surface area contributed by atoms with Crippen LogP contribution < -0.4 is 4.74 Å². The van der Waals surface area contributed by atoms with Crippen LogP contribution in [0.15, 0.2) is 84.9 Å². The molecular formula is C29H33NO. The average Bonchev–Trinajstić information content (AvgIpc) is 2.84. The minimum Gasteiger partial charge on any atom is -0.492 e. The van der Waals surface area contributed by atoms with Crippen LogP contribution in [-0.4, -0.2) is 31.1 Å². The molecule has 2 nitrogen and oxygen atoms in total. The predicted octanol–water partition coefficient (Wildman–Crippen LogP) is 6.92. The monoisotopic (exact) mass is 411 g/mol. The van der Waals surface area contributed by atoms with Crippen molar-refractivity contribution < 1.29 is 4.74 Å². The maximum atomic E-state index is 6.17. The SMILES string of the molecule is CCC(=C(c1ccccc1)c1ccccc1)c1cccc(OCCN2CCCCC2)c1. The van der Waals surface area contributed by atoms with E-state index >= 15 is 0 Å². The first-order valence-electron chi connectivity index (χ1n) is 11.6. The number of hydrogen-bond acceptors (Lipinski definition) is 2. The van der Waals surface area contributed by atoms with Crippen LogP contribution in [0.3, 0.4) is 0 Å². The lowest BCUT2D eigenvalue weighted by Gasteiger charge is -2.26. The zero-order valence-corrected chi connectivity index (χ0v) is 18.6. The van der Waals surface area contributed by atoms with Crippen LogP contribution in [0.1, 0.15) is 49.3 Å². The molecule has 1 heterocycles. The second kappa shape index (κ2) is 11.0. The molecule has 0 N–H and O–H groups in total. The van der Waals surface area contributed by atoms with E-state index in [-0.39, 0.29) is 0 Å². The van der Waals surface area contributed by atoms with Gasteiger partial charge in [-0.2, -0.15) is 0 Å². The van der Waals surface area contributed by atoms with Gasteiger partial charge in [-0.05, 0) is 72.3 Å². The van der Waals surface area contributed by atoms with Crippen molar-refractivity contribution in [1.29, 1.82) is 0 Å². The highest BCUT2D eigenvalue weighted by Gasteiger charge is 2.14. The third-order valence-corrected chi connectivity index (χ3v) is 6.09. The topological polar surface area (TPSA) is 12.5 Å². The Morgan fingerprint density at radius 3 is 1.97 bits per heavy atom. The van der Waals surface area contributed by atoms with E-state index in [1.807, 2.05) is 0 Å². The highest BCUT2D eigenvalue weighted by atomic mass is 16.5. The van der Waals surface area contributed by atoms with E-state index < -0.39 is 0 Å². The van der Waals surface area contributed by atoms with Crippen molar-refractivity contribution in [3.8, 4) is 5.75 Å². The lowest BCUT2D eigenvalue weighted by Crippen LogP contribution is -2.33. The number of benzene rings is 3. The fourth-order valence-corrected chi connectivity index (χ4v) is 4.50. The summed E-state index contributed by atoms with van der Waals surface area (Å²) in [5.41, 5.74) is 6.39. The van der Waals surface area contributed by atoms with Crippen LogP contribution in [0.2, 0.25) is 0 Å². The zero-order chi connectivity index (χ0) is 21.3. The van der Waals surface area contributed by atoms with Crippen molar-refractivity contribution in [2.24, 2.45) is 0 Å². The second-order valence-corrected chi connectivity index (χ2v) is 8.22. The second-order valence-electron chi connectivity index (χ2n) is 8.22. The van der Waals surface area contributed by atoms with E-state index in [1.165, 1.54) is 60.2 Å². The molecule has 1 saturated heterocycles. The fourth-order valence-electron chi connectivity index (χ4n) is 4.50. The summed E-state index contributed by atoms with van der Waals surface area (Å²) in [6, 6.07) is 30.1. The molecule has 0 radical (unpaired) electrons. The Labute approximate surface area is 187 Å². The number of ether oxygens (including phenoxy) is 1. The molecule has 0 aliphatic carbocycles. The number of likely N-dealkylation sites (tertiary alicyclic amines) is 1. The molecule has 4 rings (SSSR count). The highest BCUT2D eigenvalue weighted by Crippen LogP contribution is 2.35. The molecule has 0 bridgehead atoms. The summed E-state index contributed by atoms with van der Waals surface area (Å²) in [6.45, 7) is 6.43. The van der Waals surface area contributed by atoms with Crippen molar-refractivity contribution in [3.05, 3.63) is 102 Å². The van der Waals surface area contributed by atoms with Crippen LogP contribution in [0.5, 0.6) is 5.75 Å². The molecular weight excluding hydrogens is 378 g/mol. The summed E-state index contributed by atoms with van der Waals surface area (Å²) in [7, 11) is 0. The lowest BCUT2D eigenvalue weighted by molar-refractivity contribution is 0.183. The third-order valence-electron chi connectivity index (χ3n) is 6.09. The van der Waals surface area contributed by atoms with Gasteiger partial charge in [0.15, 0.2) is 0 Å². The van der Waals surface area contributed by atoms with E-state index in [1.54, 1.807) is 0 Å². The summed E-state index contributed by atoms with van der Waals surface area (Å²) < 4.78 is 6.17. The first-order valence-corrected chi connectivity index (χ1v) is 11.6. The number of nitrogens with zero attached hydrogens (tertiary/aromatic N) is 1. The van der Waals surface area contributed by atoms with Crippen molar-refractivity contribution in [1.82, 2.24) is 4.90 Å². The first kappa shape index (κ1) is 21.4. The van der Waals surface area contributed by atoms with Gasteiger partial charge in [0.05, 0.1) is 0 Å². The molecule has 1 aliphatic rings. The van der Waals surface area contributed by atoms with Gasteiger partial charge >= 0.3 is 0 Å². The highest BCUT2D eigenvalue weighted by molar-refractivity contribution is 5.98. The zero-order valence-electron chi connectivity index (χ0n) is 18.6. The minimum atomic E-state index is 0.749. The van der Waals surface area contributed by atoms with Crippen LogP contribution >= 0.6 is 0 Å². The Hall–Kier alpha value is -2.84. The normalized spacial score (nSPS) is 14.2. The summed E-state index contributed by atoms with van der Waals surface area (Å²) in [4.78, 5) is 2.52. The van der Waals surface area contributed by atoms with Crippen molar-refractivity contribution in [3.63, 3.8) is 0 Å². The van der Waals surface area contributed by atoms with Crippen molar-refractivity contribution in [2.45, 2.75) is 32.6 Å². The van der Waals surface area contributed by atoms with E-state index in [0.29, 0.717) is 0 Å². The van der Waals surface area contributed by atoms with Gasteiger partial charge in [-0.25, -0.2) is 0 Å². The molecule has 1 aliphatic heterocycles. The number of allylic oxidation sites excluding steroid dienone is 1. The lowest BCUT2D eigenvalue weighted by atomic mass is 9.88. The molecule has 1 fully saturated rings. The van der Waals surface area contributed by atoms with E-state index in [2.05, 4.69) is 96.8 Å². The Balaban J connectivity index is 1.61. The van der Waals surface area contributed by atoms with Gasteiger partial charge in [-0.3, -0.25) is 4.90 Å². The Morgan fingerprint density at radius 1 is 0.742 bits per heavy atom. The van der Waals surface area contributed by atoms with E-state index in [4.69, 9.17) is 4.74 Å². The van der Waals surface area contributed by atoms with Gasteiger partial charge in [0.25, 0.3) is 0 Å². The number of hydrogen-bond donors (Lipinski definition) is 0. The maximum absolute atomic E-state index is 6.17. The largest absolute Gasteiger partial charge is 0.492 e. The fraction of sp³-hybridized carbons (Fsp3) is 0.310. The van der Waals surface area contributed by atoms with Gasteiger partial charge in [0.1, 0.15) is 12.4 Å². The van der Waals surface area contributed by atoms with Crippen LogP contribution in [-0.2, 0) is 0 Å². The maximum Gasteiger partial charge on any atom is 0.119 e. The minimum absolute atomic E-state index is 0.749. The first-order chi connectivity index (χ1) is 15.3. The molecule has 0 amide bonds. The molecule has 0 aromatic heterocycles. The van der Waals surface area contributed by atoms with Crippen LogP contribution in [0, 0.1) is 0 Å². The van der Waals surface area contributed by atoms with Crippen molar-refractivity contribution >= 4 is 11.1 Å². The number of piperidine rings is 1. The standard InChI is InChI=1S/C29H33NO/c1-2-28(29(24-13-6-3-7-14-24)25-15-8-4-9-16-25)26-17-12-18-27(23-26)31-22-21-30-19-10-5-11-20-30/h3-4,6-9,12-18,23H,2,5,10-11,19-22H2,1H3. The summed E-state index contributed by atoms with van der Waals surface area (Å²) in [5, 5.41) is 0. The molecule has 0 unspecified atom stereocenters. The Kier molecular flexibility index (Phi) is 7.57. The van der Waals surface area contributed by atoms with Gasteiger partial charge in [0.2, 0.25) is 0 Å². The molecule has 0 spiro atoms. The Morgan fingerprint density at radius 2 is 1.35 bits per heavy atom. The average molecular weight is 412 g/mol. The van der Waals surface area contributed by atoms with Crippen LogP contribution in [0.4, 0.5) is 0 Å². The summed E-state index contributed by atoms with van der Waals surface area (Å²) >= 11 is 0.